The predicted octanol–water partition coefficient (Wildman–Crippen LogP) is 2.70. The van der Waals surface area contributed by atoms with Crippen LogP contribution in [0.2, 0.25) is 0 Å². The number of fused-ring (bicyclic) bond motifs is 1. The molecule has 4 nitrogen and oxygen atoms in total. The van der Waals surface area contributed by atoms with Gasteiger partial charge < -0.3 is 4.57 Å². The Balaban J connectivity index is 1.58. The molecular formula is C14H20N4S. The number of hydrogen-bond acceptors (Lipinski definition) is 4. The smallest absolute Gasteiger partial charge is 0.122 e. The molecule has 0 aromatic carbocycles. The van der Waals surface area contributed by atoms with Crippen LogP contribution in [0.15, 0.2) is 17.8 Å². The average molecular weight is 276 g/mol. The van der Waals surface area contributed by atoms with Gasteiger partial charge in [-0.25, -0.2) is 9.97 Å². The lowest BCUT2D eigenvalue weighted by atomic mass is 10.2. The van der Waals surface area contributed by atoms with Crippen LogP contribution in [0.5, 0.6) is 0 Å². The van der Waals surface area contributed by atoms with Gasteiger partial charge in [0.05, 0.1) is 17.2 Å². The number of thiazole rings is 1. The summed E-state index contributed by atoms with van der Waals surface area (Å²) < 4.78 is 2.24. The lowest BCUT2D eigenvalue weighted by molar-refractivity contribution is 0.207. The third kappa shape index (κ3) is 3.04. The van der Waals surface area contributed by atoms with E-state index in [0.29, 0.717) is 0 Å². The maximum atomic E-state index is 4.74. The highest BCUT2D eigenvalue weighted by Gasteiger charge is 2.17. The first-order valence-electron chi connectivity index (χ1n) is 7.01. The SMILES string of the molecule is CCCCc1nc(CN2CCn3ccnc3C2)cs1. The first kappa shape index (κ1) is 12.8. The molecule has 0 amide bonds. The molecule has 2 aromatic rings. The first-order valence-corrected chi connectivity index (χ1v) is 7.88. The van der Waals surface area contributed by atoms with Crippen LogP contribution in [-0.4, -0.2) is 26.0 Å². The molecule has 3 rings (SSSR count). The number of imidazole rings is 1. The fraction of sp³-hybridized carbons (Fsp3) is 0.571. The van der Waals surface area contributed by atoms with E-state index in [4.69, 9.17) is 4.98 Å². The van der Waals surface area contributed by atoms with Crippen molar-refractivity contribution < 1.29 is 0 Å². The van der Waals surface area contributed by atoms with Gasteiger partial charge in [-0.3, -0.25) is 4.90 Å². The summed E-state index contributed by atoms with van der Waals surface area (Å²) in [7, 11) is 0. The van der Waals surface area contributed by atoms with E-state index in [0.717, 1.165) is 32.6 Å². The van der Waals surface area contributed by atoms with E-state index < -0.39 is 0 Å². The Morgan fingerprint density at radius 1 is 1.37 bits per heavy atom. The van der Waals surface area contributed by atoms with Crippen LogP contribution in [0.25, 0.3) is 0 Å². The van der Waals surface area contributed by atoms with E-state index in [2.05, 4.69) is 33.0 Å². The molecule has 0 radical (unpaired) electrons. The number of unbranched alkanes of at least 4 members (excludes halogenated alkanes) is 1. The Kier molecular flexibility index (Phi) is 3.94. The van der Waals surface area contributed by atoms with Crippen molar-refractivity contribution in [2.75, 3.05) is 6.54 Å². The molecule has 5 heteroatoms. The standard InChI is InChI=1S/C14H20N4S/c1-2-3-4-14-16-12(11-19-14)9-17-7-8-18-6-5-15-13(18)10-17/h5-6,11H,2-4,7-10H2,1H3. The summed E-state index contributed by atoms with van der Waals surface area (Å²) in [4.78, 5) is 11.6. The van der Waals surface area contributed by atoms with E-state index in [-0.39, 0.29) is 0 Å². The quantitative estimate of drug-likeness (QED) is 0.842. The van der Waals surface area contributed by atoms with E-state index in [1.54, 1.807) is 11.3 Å². The van der Waals surface area contributed by atoms with Gasteiger partial charge in [0, 0.05) is 37.4 Å². The van der Waals surface area contributed by atoms with Crippen LogP contribution < -0.4 is 0 Å². The van der Waals surface area contributed by atoms with Gasteiger partial charge in [0.25, 0.3) is 0 Å². The molecule has 0 spiro atoms. The lowest BCUT2D eigenvalue weighted by Crippen LogP contribution is -2.33. The van der Waals surface area contributed by atoms with Gasteiger partial charge in [0.15, 0.2) is 0 Å². The molecule has 0 N–H and O–H groups in total. The maximum absolute atomic E-state index is 4.74. The van der Waals surface area contributed by atoms with Gasteiger partial charge in [-0.15, -0.1) is 11.3 Å². The highest BCUT2D eigenvalue weighted by Crippen LogP contribution is 2.17. The molecule has 1 aliphatic rings. The summed E-state index contributed by atoms with van der Waals surface area (Å²) in [6.07, 6.45) is 7.58. The van der Waals surface area contributed by atoms with Crippen molar-refractivity contribution in [3.8, 4) is 0 Å². The van der Waals surface area contributed by atoms with Gasteiger partial charge in [0.1, 0.15) is 5.82 Å². The molecule has 0 saturated heterocycles. The van der Waals surface area contributed by atoms with Crippen molar-refractivity contribution in [3.63, 3.8) is 0 Å². The first-order chi connectivity index (χ1) is 9.35. The van der Waals surface area contributed by atoms with Crippen LogP contribution in [-0.2, 0) is 26.1 Å². The fourth-order valence-corrected chi connectivity index (χ4v) is 3.28. The molecule has 2 aromatic heterocycles. The second kappa shape index (κ2) is 5.84. The van der Waals surface area contributed by atoms with E-state index in [1.807, 2.05) is 6.20 Å². The summed E-state index contributed by atoms with van der Waals surface area (Å²) in [5, 5.41) is 3.50. The maximum Gasteiger partial charge on any atom is 0.122 e. The Morgan fingerprint density at radius 3 is 3.21 bits per heavy atom. The Morgan fingerprint density at radius 2 is 2.32 bits per heavy atom. The molecule has 3 heterocycles. The molecule has 0 saturated carbocycles. The molecule has 102 valence electrons. The third-order valence-electron chi connectivity index (χ3n) is 3.55. The van der Waals surface area contributed by atoms with Crippen molar-refractivity contribution in [2.24, 2.45) is 0 Å². The summed E-state index contributed by atoms with van der Waals surface area (Å²) in [6.45, 7) is 6.25. The van der Waals surface area contributed by atoms with Gasteiger partial charge in [-0.2, -0.15) is 0 Å². The molecular weight excluding hydrogens is 256 g/mol. The zero-order valence-electron chi connectivity index (χ0n) is 11.4. The van der Waals surface area contributed by atoms with Gasteiger partial charge in [-0.1, -0.05) is 13.3 Å². The van der Waals surface area contributed by atoms with Crippen molar-refractivity contribution in [1.82, 2.24) is 19.4 Å². The zero-order chi connectivity index (χ0) is 13.1. The number of aromatic nitrogens is 3. The minimum atomic E-state index is 0.939. The summed E-state index contributed by atoms with van der Waals surface area (Å²) in [6, 6.07) is 0. The molecule has 0 bridgehead atoms. The Labute approximate surface area is 118 Å². The monoisotopic (exact) mass is 276 g/mol. The highest BCUT2D eigenvalue weighted by molar-refractivity contribution is 7.09. The highest BCUT2D eigenvalue weighted by atomic mass is 32.1. The third-order valence-corrected chi connectivity index (χ3v) is 4.51. The van der Waals surface area contributed by atoms with Gasteiger partial charge in [-0.05, 0) is 12.8 Å². The zero-order valence-corrected chi connectivity index (χ0v) is 12.2. The molecule has 0 atom stereocenters. The van der Waals surface area contributed by atoms with E-state index >= 15 is 0 Å². The van der Waals surface area contributed by atoms with Crippen LogP contribution in [0.1, 0.15) is 36.3 Å². The lowest BCUT2D eigenvalue weighted by Gasteiger charge is -2.26. The van der Waals surface area contributed by atoms with Crippen molar-refractivity contribution >= 4 is 11.3 Å². The summed E-state index contributed by atoms with van der Waals surface area (Å²) in [5.74, 6) is 1.17. The number of aryl methyl sites for hydroxylation is 1. The van der Waals surface area contributed by atoms with Crippen LogP contribution in [0.4, 0.5) is 0 Å². The Bertz CT molecular complexity index is 531. The van der Waals surface area contributed by atoms with Gasteiger partial charge >= 0.3 is 0 Å². The molecule has 0 aliphatic carbocycles. The van der Waals surface area contributed by atoms with Crippen LogP contribution in [0.3, 0.4) is 0 Å². The summed E-state index contributed by atoms with van der Waals surface area (Å²) >= 11 is 1.81. The normalized spacial score (nSPS) is 15.6. The van der Waals surface area contributed by atoms with Crippen LogP contribution >= 0.6 is 11.3 Å². The minimum absolute atomic E-state index is 0.939. The summed E-state index contributed by atoms with van der Waals surface area (Å²) in [5.41, 5.74) is 1.22. The van der Waals surface area contributed by atoms with Crippen molar-refractivity contribution in [2.45, 2.75) is 45.8 Å². The second-order valence-corrected chi connectivity index (χ2v) is 6.03. The molecule has 19 heavy (non-hydrogen) atoms. The average Bonchev–Trinajstić information content (AvgIpc) is 3.05. The molecule has 1 aliphatic heterocycles. The largest absolute Gasteiger partial charge is 0.333 e. The van der Waals surface area contributed by atoms with E-state index in [9.17, 15) is 0 Å². The number of hydrogen-bond donors (Lipinski definition) is 0. The second-order valence-electron chi connectivity index (χ2n) is 5.08. The van der Waals surface area contributed by atoms with Crippen molar-refractivity contribution in [1.29, 1.82) is 0 Å². The molecule has 0 unspecified atom stereocenters. The topological polar surface area (TPSA) is 34.0 Å². The van der Waals surface area contributed by atoms with Crippen molar-refractivity contribution in [3.05, 3.63) is 34.3 Å². The number of nitrogens with zero attached hydrogens (tertiary/aromatic N) is 4. The predicted molar refractivity (Wildman–Crippen MR) is 77.1 cm³/mol. The van der Waals surface area contributed by atoms with Crippen LogP contribution in [0, 0.1) is 0 Å². The minimum Gasteiger partial charge on any atom is -0.333 e. The fourth-order valence-electron chi connectivity index (χ4n) is 2.45. The van der Waals surface area contributed by atoms with E-state index in [1.165, 1.54) is 29.4 Å². The molecule has 0 fully saturated rings. The Hall–Kier alpha value is -1.20. The number of rotatable bonds is 5. The van der Waals surface area contributed by atoms with Gasteiger partial charge in [0.2, 0.25) is 0 Å².